The van der Waals surface area contributed by atoms with Gasteiger partial charge >= 0.3 is 6.03 Å². The Morgan fingerprint density at radius 3 is 2.63 bits per heavy atom. The molecular formula is C15H24N2O2. The van der Waals surface area contributed by atoms with Crippen LogP contribution in [0, 0.1) is 6.92 Å². The van der Waals surface area contributed by atoms with Gasteiger partial charge in [-0.15, -0.1) is 0 Å². The molecule has 0 bridgehead atoms. The van der Waals surface area contributed by atoms with Crippen LogP contribution in [0.25, 0.3) is 0 Å². The van der Waals surface area contributed by atoms with Crippen LogP contribution in [0.4, 0.5) is 4.79 Å². The Bertz CT molecular complexity index is 380. The highest BCUT2D eigenvalue weighted by atomic mass is 16.5. The first kappa shape index (κ1) is 15.3. The minimum absolute atomic E-state index is 0.121. The fourth-order valence-corrected chi connectivity index (χ4v) is 1.68. The van der Waals surface area contributed by atoms with Gasteiger partial charge in [0, 0.05) is 6.54 Å². The quantitative estimate of drug-likeness (QED) is 0.709. The molecule has 0 aliphatic rings. The van der Waals surface area contributed by atoms with E-state index in [9.17, 15) is 4.79 Å². The van der Waals surface area contributed by atoms with Crippen LogP contribution in [-0.2, 0) is 0 Å². The van der Waals surface area contributed by atoms with Crippen LogP contribution in [0.5, 0.6) is 5.75 Å². The third kappa shape index (κ3) is 6.70. The molecular weight excluding hydrogens is 240 g/mol. The van der Waals surface area contributed by atoms with Gasteiger partial charge in [0.25, 0.3) is 0 Å². The van der Waals surface area contributed by atoms with E-state index in [1.54, 1.807) is 0 Å². The molecule has 19 heavy (non-hydrogen) atoms. The van der Waals surface area contributed by atoms with Gasteiger partial charge in [0.15, 0.2) is 0 Å². The minimum Gasteiger partial charge on any atom is -0.491 e. The summed E-state index contributed by atoms with van der Waals surface area (Å²) in [6.45, 7) is 5.87. The monoisotopic (exact) mass is 264 g/mol. The van der Waals surface area contributed by atoms with Crippen LogP contribution in [0.15, 0.2) is 24.3 Å². The summed E-state index contributed by atoms with van der Waals surface area (Å²) in [5, 5.41) is 5.60. The number of carbonyl (C=O) groups is 1. The average molecular weight is 264 g/mol. The van der Waals surface area contributed by atoms with E-state index in [0.717, 1.165) is 37.1 Å². The second-order valence-corrected chi connectivity index (χ2v) is 4.50. The number of nitrogens with one attached hydrogen (secondary N) is 2. The molecule has 0 saturated heterocycles. The third-order valence-electron chi connectivity index (χ3n) is 2.80. The lowest BCUT2D eigenvalue weighted by atomic mass is 10.2. The number of aryl methyl sites for hydroxylation is 1. The Hall–Kier alpha value is -1.71. The van der Waals surface area contributed by atoms with Gasteiger partial charge < -0.3 is 15.4 Å². The maximum Gasteiger partial charge on any atom is 0.314 e. The van der Waals surface area contributed by atoms with Gasteiger partial charge in [0.1, 0.15) is 12.4 Å². The average Bonchev–Trinajstić information content (AvgIpc) is 2.41. The fraction of sp³-hybridized carbons (Fsp3) is 0.533. The number of ether oxygens (including phenoxy) is 1. The van der Waals surface area contributed by atoms with Crippen LogP contribution < -0.4 is 15.4 Å². The maximum absolute atomic E-state index is 11.4. The zero-order valence-corrected chi connectivity index (χ0v) is 11.9. The lowest BCUT2D eigenvalue weighted by Gasteiger charge is -2.10. The molecule has 0 spiro atoms. The van der Waals surface area contributed by atoms with Crippen molar-refractivity contribution in [2.24, 2.45) is 0 Å². The van der Waals surface area contributed by atoms with E-state index in [4.69, 9.17) is 4.74 Å². The highest BCUT2D eigenvalue weighted by Gasteiger charge is 2.00. The number of benzene rings is 1. The SMILES string of the molecule is CCCCCNC(=O)NCCOc1ccccc1C. The van der Waals surface area contributed by atoms with E-state index < -0.39 is 0 Å². The number of carbonyl (C=O) groups excluding carboxylic acids is 1. The highest BCUT2D eigenvalue weighted by molar-refractivity contribution is 5.73. The summed E-state index contributed by atoms with van der Waals surface area (Å²) in [6.07, 6.45) is 3.34. The number of amides is 2. The van der Waals surface area contributed by atoms with Crippen LogP contribution in [0.1, 0.15) is 31.7 Å². The molecule has 0 atom stereocenters. The highest BCUT2D eigenvalue weighted by Crippen LogP contribution is 2.15. The largest absolute Gasteiger partial charge is 0.491 e. The molecule has 0 aromatic heterocycles. The lowest BCUT2D eigenvalue weighted by Crippen LogP contribution is -2.38. The molecule has 1 rings (SSSR count). The Morgan fingerprint density at radius 2 is 1.89 bits per heavy atom. The van der Waals surface area contributed by atoms with Crippen molar-refractivity contribution in [1.82, 2.24) is 10.6 Å². The third-order valence-corrected chi connectivity index (χ3v) is 2.80. The zero-order valence-electron chi connectivity index (χ0n) is 11.9. The zero-order chi connectivity index (χ0) is 13.9. The van der Waals surface area contributed by atoms with Crippen molar-refractivity contribution in [3.05, 3.63) is 29.8 Å². The normalized spacial score (nSPS) is 10.0. The Labute approximate surface area is 115 Å². The van der Waals surface area contributed by atoms with E-state index in [0.29, 0.717) is 13.2 Å². The summed E-state index contributed by atoms with van der Waals surface area (Å²) < 4.78 is 5.59. The number of urea groups is 1. The van der Waals surface area contributed by atoms with E-state index in [1.807, 2.05) is 31.2 Å². The molecule has 1 aromatic rings. The van der Waals surface area contributed by atoms with Crippen molar-refractivity contribution >= 4 is 6.03 Å². The van der Waals surface area contributed by atoms with Gasteiger partial charge in [0.2, 0.25) is 0 Å². The van der Waals surface area contributed by atoms with E-state index in [2.05, 4.69) is 17.6 Å². The van der Waals surface area contributed by atoms with Crippen molar-refractivity contribution in [3.8, 4) is 5.75 Å². The summed E-state index contributed by atoms with van der Waals surface area (Å²) in [7, 11) is 0. The summed E-state index contributed by atoms with van der Waals surface area (Å²) in [6, 6.07) is 7.73. The standard InChI is InChI=1S/C15H24N2O2/c1-3-4-7-10-16-15(18)17-11-12-19-14-9-6-5-8-13(14)2/h5-6,8-9H,3-4,7,10-12H2,1-2H3,(H2,16,17,18). The van der Waals surface area contributed by atoms with Crippen LogP contribution >= 0.6 is 0 Å². The summed E-state index contributed by atoms with van der Waals surface area (Å²) in [4.78, 5) is 11.4. The molecule has 2 N–H and O–H groups in total. The van der Waals surface area contributed by atoms with Crippen molar-refractivity contribution in [1.29, 1.82) is 0 Å². The molecule has 2 amide bonds. The predicted molar refractivity (Wildman–Crippen MR) is 77.6 cm³/mol. The number of rotatable bonds is 8. The van der Waals surface area contributed by atoms with Gasteiger partial charge in [-0.3, -0.25) is 0 Å². The topological polar surface area (TPSA) is 50.4 Å². The second kappa shape index (κ2) is 9.25. The first-order valence-electron chi connectivity index (χ1n) is 6.94. The second-order valence-electron chi connectivity index (χ2n) is 4.50. The van der Waals surface area contributed by atoms with E-state index >= 15 is 0 Å². The van der Waals surface area contributed by atoms with E-state index in [1.165, 1.54) is 0 Å². The first-order chi connectivity index (χ1) is 9.24. The molecule has 1 aromatic carbocycles. The van der Waals surface area contributed by atoms with Gasteiger partial charge in [-0.1, -0.05) is 38.0 Å². The van der Waals surface area contributed by atoms with Gasteiger partial charge in [-0.2, -0.15) is 0 Å². The van der Waals surface area contributed by atoms with Crippen molar-refractivity contribution in [3.63, 3.8) is 0 Å². The molecule has 0 unspecified atom stereocenters. The van der Waals surface area contributed by atoms with Crippen LogP contribution in [-0.4, -0.2) is 25.7 Å². The maximum atomic E-state index is 11.4. The predicted octanol–water partition coefficient (Wildman–Crippen LogP) is 2.86. The van der Waals surface area contributed by atoms with Crippen molar-refractivity contribution < 1.29 is 9.53 Å². The molecule has 0 aliphatic carbocycles. The molecule has 4 nitrogen and oxygen atoms in total. The van der Waals surface area contributed by atoms with Crippen molar-refractivity contribution in [2.75, 3.05) is 19.7 Å². The molecule has 0 saturated carbocycles. The van der Waals surface area contributed by atoms with Gasteiger partial charge in [-0.05, 0) is 25.0 Å². The molecule has 0 radical (unpaired) electrons. The van der Waals surface area contributed by atoms with Gasteiger partial charge in [0.05, 0.1) is 6.54 Å². The lowest BCUT2D eigenvalue weighted by molar-refractivity contribution is 0.236. The molecule has 0 heterocycles. The number of hydrogen-bond donors (Lipinski definition) is 2. The van der Waals surface area contributed by atoms with Gasteiger partial charge in [-0.25, -0.2) is 4.79 Å². The molecule has 4 heteroatoms. The summed E-state index contributed by atoms with van der Waals surface area (Å²) in [5.41, 5.74) is 1.10. The Balaban J connectivity index is 2.07. The Morgan fingerprint density at radius 1 is 1.16 bits per heavy atom. The molecule has 106 valence electrons. The Kier molecular flexibility index (Phi) is 7.47. The van der Waals surface area contributed by atoms with E-state index in [-0.39, 0.29) is 6.03 Å². The molecule has 0 aliphatic heterocycles. The number of unbranched alkanes of at least 4 members (excludes halogenated alkanes) is 2. The summed E-state index contributed by atoms with van der Waals surface area (Å²) in [5.74, 6) is 0.868. The van der Waals surface area contributed by atoms with Crippen LogP contribution in [0.3, 0.4) is 0 Å². The summed E-state index contributed by atoms with van der Waals surface area (Å²) >= 11 is 0. The minimum atomic E-state index is -0.121. The van der Waals surface area contributed by atoms with Crippen LogP contribution in [0.2, 0.25) is 0 Å². The smallest absolute Gasteiger partial charge is 0.314 e. The molecule has 0 fully saturated rings. The fourth-order valence-electron chi connectivity index (χ4n) is 1.68. The van der Waals surface area contributed by atoms with Crippen molar-refractivity contribution in [2.45, 2.75) is 33.1 Å². The first-order valence-corrected chi connectivity index (χ1v) is 6.94. The number of hydrogen-bond acceptors (Lipinski definition) is 2. The number of para-hydroxylation sites is 1.